The molecule has 24 heavy (non-hydrogen) atoms. The summed E-state index contributed by atoms with van der Waals surface area (Å²) in [5, 5.41) is 2.15. The van der Waals surface area contributed by atoms with Crippen LogP contribution in [0.3, 0.4) is 0 Å². The second kappa shape index (κ2) is 6.27. The van der Waals surface area contributed by atoms with E-state index in [0.29, 0.717) is 0 Å². The Labute approximate surface area is 143 Å². The van der Waals surface area contributed by atoms with Crippen molar-refractivity contribution in [3.63, 3.8) is 0 Å². The highest BCUT2D eigenvalue weighted by atomic mass is 35.5. The lowest BCUT2D eigenvalue weighted by Crippen LogP contribution is -2.48. The molecule has 1 aromatic rings. The predicted octanol–water partition coefficient (Wildman–Crippen LogP) is 3.23. The number of nitrogens with zero attached hydrogens (tertiary/aromatic N) is 1. The van der Waals surface area contributed by atoms with Crippen molar-refractivity contribution in [2.75, 3.05) is 7.05 Å². The molecule has 0 radical (unpaired) electrons. The van der Waals surface area contributed by atoms with E-state index in [1.807, 2.05) is 0 Å². The maximum Gasteiger partial charge on any atom is 0.417 e. The monoisotopic (exact) mass is 362 g/mol. The summed E-state index contributed by atoms with van der Waals surface area (Å²) < 4.78 is 38.6. The number of benzene rings is 1. The highest BCUT2D eigenvalue weighted by Gasteiger charge is 2.47. The highest BCUT2D eigenvalue weighted by molar-refractivity contribution is 6.32. The number of hydrogen-bond acceptors (Lipinski definition) is 2. The molecule has 1 saturated heterocycles. The van der Waals surface area contributed by atoms with E-state index in [0.717, 1.165) is 6.07 Å². The molecule has 0 aliphatic carbocycles. The summed E-state index contributed by atoms with van der Waals surface area (Å²) in [6.07, 6.45) is -4.32. The van der Waals surface area contributed by atoms with Crippen LogP contribution in [0.5, 0.6) is 0 Å². The number of nitrogens with one attached hydrogen (secondary N) is 1. The average molecular weight is 363 g/mol. The van der Waals surface area contributed by atoms with Gasteiger partial charge in [0.05, 0.1) is 10.6 Å². The van der Waals surface area contributed by atoms with Crippen LogP contribution in [0.15, 0.2) is 18.2 Å². The van der Waals surface area contributed by atoms with Gasteiger partial charge in [0.2, 0.25) is 11.8 Å². The van der Waals surface area contributed by atoms with E-state index in [1.54, 1.807) is 20.9 Å². The molecule has 1 aromatic carbocycles. The molecule has 8 heteroatoms. The third-order valence-corrected chi connectivity index (χ3v) is 4.66. The van der Waals surface area contributed by atoms with E-state index < -0.39 is 34.1 Å². The Balaban J connectivity index is 2.14. The van der Waals surface area contributed by atoms with Gasteiger partial charge in [-0.15, -0.1) is 0 Å². The lowest BCUT2D eigenvalue weighted by molar-refractivity contribution is -0.137. The van der Waals surface area contributed by atoms with Crippen LogP contribution in [-0.2, 0) is 22.3 Å². The van der Waals surface area contributed by atoms with Gasteiger partial charge in [-0.25, -0.2) is 0 Å². The van der Waals surface area contributed by atoms with Crippen LogP contribution in [0.2, 0.25) is 5.02 Å². The number of likely N-dealkylation sites (tertiary alicyclic amines) is 1. The van der Waals surface area contributed by atoms with Crippen molar-refractivity contribution < 1.29 is 22.8 Å². The van der Waals surface area contributed by atoms with Crippen molar-refractivity contribution in [3.05, 3.63) is 34.3 Å². The Bertz CT molecular complexity index is 674. The number of alkyl halides is 3. The fraction of sp³-hybridized carbons (Fsp3) is 0.500. The van der Waals surface area contributed by atoms with E-state index >= 15 is 0 Å². The van der Waals surface area contributed by atoms with Crippen molar-refractivity contribution in [1.82, 2.24) is 10.2 Å². The summed E-state index contributed by atoms with van der Waals surface area (Å²) in [7, 11) is 1.54. The second-order valence-corrected chi connectivity index (χ2v) is 6.94. The molecule has 1 fully saturated rings. The lowest BCUT2D eigenvalue weighted by atomic mass is 9.84. The molecule has 1 aliphatic rings. The number of hydrogen-bond donors (Lipinski definition) is 1. The first-order chi connectivity index (χ1) is 10.9. The van der Waals surface area contributed by atoms with Gasteiger partial charge in [0.1, 0.15) is 6.04 Å². The molecule has 1 atom stereocenters. The van der Waals surface area contributed by atoms with Gasteiger partial charge in [0.15, 0.2) is 0 Å². The number of carbonyl (C=O) groups excluding carboxylic acids is 2. The molecule has 0 aromatic heterocycles. The minimum atomic E-state index is -4.56. The summed E-state index contributed by atoms with van der Waals surface area (Å²) in [5.74, 6) is -0.556. The summed E-state index contributed by atoms with van der Waals surface area (Å²) in [6.45, 7) is 3.46. The minimum Gasteiger partial charge on any atom is -0.350 e. The van der Waals surface area contributed by atoms with Crippen molar-refractivity contribution >= 4 is 23.4 Å². The SMILES string of the molecule is CN1C(=O)CC(C)(C)C1C(=O)NCc1cccc(C(F)(F)F)c1Cl. The van der Waals surface area contributed by atoms with Crippen LogP contribution >= 0.6 is 11.6 Å². The first-order valence-corrected chi connectivity index (χ1v) is 7.71. The van der Waals surface area contributed by atoms with Crippen LogP contribution in [-0.4, -0.2) is 29.8 Å². The van der Waals surface area contributed by atoms with Gasteiger partial charge in [0.25, 0.3) is 0 Å². The molecule has 1 heterocycles. The Morgan fingerprint density at radius 3 is 2.54 bits per heavy atom. The van der Waals surface area contributed by atoms with Crippen molar-refractivity contribution in [2.45, 2.75) is 39.0 Å². The standard InChI is InChI=1S/C16H18ClF3N2O2/c1-15(2)7-11(23)22(3)13(15)14(24)21-8-9-5-4-6-10(12(9)17)16(18,19)20/h4-6,13H,7-8H2,1-3H3,(H,21,24). The largest absolute Gasteiger partial charge is 0.417 e. The third-order valence-electron chi connectivity index (χ3n) is 4.21. The van der Waals surface area contributed by atoms with Crippen LogP contribution < -0.4 is 5.32 Å². The molecule has 0 spiro atoms. The molecule has 2 rings (SSSR count). The predicted molar refractivity (Wildman–Crippen MR) is 83.3 cm³/mol. The summed E-state index contributed by atoms with van der Waals surface area (Å²) in [6, 6.07) is 2.88. The maximum atomic E-state index is 12.9. The normalized spacial score (nSPS) is 20.4. The Kier molecular flexibility index (Phi) is 4.86. The lowest BCUT2D eigenvalue weighted by Gasteiger charge is -2.28. The van der Waals surface area contributed by atoms with Crippen molar-refractivity contribution in [3.8, 4) is 0 Å². The Morgan fingerprint density at radius 2 is 2.04 bits per heavy atom. The summed E-state index contributed by atoms with van der Waals surface area (Å²) >= 11 is 5.81. The zero-order chi connectivity index (χ0) is 18.3. The van der Waals surface area contributed by atoms with E-state index in [-0.39, 0.29) is 24.4 Å². The summed E-state index contributed by atoms with van der Waals surface area (Å²) in [4.78, 5) is 25.6. The van der Waals surface area contributed by atoms with Gasteiger partial charge in [0, 0.05) is 25.4 Å². The molecular weight excluding hydrogens is 345 g/mol. The van der Waals surface area contributed by atoms with E-state index in [2.05, 4.69) is 5.32 Å². The van der Waals surface area contributed by atoms with Gasteiger partial charge in [-0.05, 0) is 11.6 Å². The minimum absolute atomic E-state index is 0.141. The number of amides is 2. The number of carbonyl (C=O) groups is 2. The van der Waals surface area contributed by atoms with Gasteiger partial charge in [-0.1, -0.05) is 37.6 Å². The molecule has 1 aliphatic heterocycles. The van der Waals surface area contributed by atoms with Crippen LogP contribution in [0, 0.1) is 5.41 Å². The fourth-order valence-electron chi connectivity index (χ4n) is 3.02. The number of likely N-dealkylation sites (N-methyl/N-ethyl adjacent to an activating group) is 1. The van der Waals surface area contributed by atoms with Crippen molar-refractivity contribution in [2.24, 2.45) is 5.41 Å². The topological polar surface area (TPSA) is 49.4 Å². The molecule has 4 nitrogen and oxygen atoms in total. The quantitative estimate of drug-likeness (QED) is 0.897. The maximum absolute atomic E-state index is 12.9. The fourth-order valence-corrected chi connectivity index (χ4v) is 3.32. The van der Waals surface area contributed by atoms with Gasteiger partial charge >= 0.3 is 6.18 Å². The smallest absolute Gasteiger partial charge is 0.350 e. The molecule has 2 amide bonds. The Hall–Kier alpha value is -1.76. The second-order valence-electron chi connectivity index (χ2n) is 6.57. The highest BCUT2D eigenvalue weighted by Crippen LogP contribution is 2.37. The van der Waals surface area contributed by atoms with Gasteiger partial charge < -0.3 is 10.2 Å². The molecule has 1 N–H and O–H groups in total. The molecular formula is C16H18ClF3N2O2. The molecule has 1 unspecified atom stereocenters. The zero-order valence-electron chi connectivity index (χ0n) is 13.5. The summed E-state index contributed by atoms with van der Waals surface area (Å²) in [5.41, 5.74) is -1.32. The van der Waals surface area contributed by atoms with Gasteiger partial charge in [-0.3, -0.25) is 9.59 Å². The third kappa shape index (κ3) is 3.50. The van der Waals surface area contributed by atoms with E-state index in [4.69, 9.17) is 11.6 Å². The zero-order valence-corrected chi connectivity index (χ0v) is 14.3. The Morgan fingerprint density at radius 1 is 1.42 bits per heavy atom. The van der Waals surface area contributed by atoms with Crippen LogP contribution in [0.4, 0.5) is 13.2 Å². The van der Waals surface area contributed by atoms with E-state index in [1.165, 1.54) is 17.0 Å². The van der Waals surface area contributed by atoms with Crippen molar-refractivity contribution in [1.29, 1.82) is 0 Å². The molecule has 0 saturated carbocycles. The van der Waals surface area contributed by atoms with Gasteiger partial charge in [-0.2, -0.15) is 13.2 Å². The van der Waals surface area contributed by atoms with Crippen LogP contribution in [0.1, 0.15) is 31.4 Å². The average Bonchev–Trinajstić information content (AvgIpc) is 2.64. The van der Waals surface area contributed by atoms with E-state index in [9.17, 15) is 22.8 Å². The number of halogens is 4. The van der Waals surface area contributed by atoms with Crippen LogP contribution in [0.25, 0.3) is 0 Å². The number of rotatable bonds is 3. The first-order valence-electron chi connectivity index (χ1n) is 7.33. The molecule has 132 valence electrons. The first kappa shape index (κ1) is 18.6. The molecule has 0 bridgehead atoms.